The standard InChI is InChI=1S/C23H26N2O3/c1-16-6-8-17(9-7-16)4-3-5-22(27)24-13-12-21(26)18-10-11-20-19(14-18)15-23(28)25(20)2/h6-11,14H,3-5,12-13,15H2,1-2H3,(H,24,27). The number of ketones is 1. The summed E-state index contributed by atoms with van der Waals surface area (Å²) in [4.78, 5) is 37.7. The molecule has 1 heterocycles. The average molecular weight is 378 g/mol. The molecule has 0 unspecified atom stereocenters. The van der Waals surface area contributed by atoms with Crippen molar-refractivity contribution in [2.75, 3.05) is 18.5 Å². The van der Waals surface area contributed by atoms with E-state index in [1.54, 1.807) is 24.1 Å². The van der Waals surface area contributed by atoms with Gasteiger partial charge in [0.25, 0.3) is 0 Å². The third-order valence-electron chi connectivity index (χ3n) is 5.14. The summed E-state index contributed by atoms with van der Waals surface area (Å²) in [7, 11) is 1.74. The number of fused-ring (bicyclic) bond motifs is 1. The quantitative estimate of drug-likeness (QED) is 0.717. The molecule has 0 radical (unpaired) electrons. The smallest absolute Gasteiger partial charge is 0.231 e. The minimum absolute atomic E-state index is 0.0234. The molecule has 0 bridgehead atoms. The molecule has 0 saturated heterocycles. The number of Topliss-reactive ketones (excluding diaryl/α,β-unsaturated/α-hetero) is 1. The fraction of sp³-hybridized carbons (Fsp3) is 0.348. The fourth-order valence-corrected chi connectivity index (χ4v) is 3.40. The van der Waals surface area contributed by atoms with Gasteiger partial charge in [-0.1, -0.05) is 29.8 Å². The minimum Gasteiger partial charge on any atom is -0.356 e. The second-order valence-electron chi connectivity index (χ2n) is 7.34. The maximum atomic E-state index is 12.4. The van der Waals surface area contributed by atoms with Gasteiger partial charge in [-0.05, 0) is 49.1 Å². The zero-order valence-electron chi connectivity index (χ0n) is 16.5. The Labute approximate surface area is 165 Å². The van der Waals surface area contributed by atoms with E-state index < -0.39 is 0 Å². The van der Waals surface area contributed by atoms with Crippen LogP contribution in [0.2, 0.25) is 0 Å². The topological polar surface area (TPSA) is 66.5 Å². The number of anilines is 1. The van der Waals surface area contributed by atoms with Crippen LogP contribution >= 0.6 is 0 Å². The van der Waals surface area contributed by atoms with Crippen molar-refractivity contribution in [2.24, 2.45) is 0 Å². The van der Waals surface area contributed by atoms with E-state index in [0.717, 1.165) is 24.1 Å². The number of nitrogens with zero attached hydrogens (tertiary/aromatic N) is 1. The summed E-state index contributed by atoms with van der Waals surface area (Å²) in [5.41, 5.74) is 4.81. The van der Waals surface area contributed by atoms with Crippen LogP contribution in [0, 0.1) is 6.92 Å². The molecule has 146 valence electrons. The molecular formula is C23H26N2O3. The molecule has 1 aliphatic heterocycles. The highest BCUT2D eigenvalue weighted by Gasteiger charge is 2.24. The first kappa shape index (κ1) is 19.8. The molecule has 1 N–H and O–H groups in total. The van der Waals surface area contributed by atoms with Crippen LogP contribution < -0.4 is 10.2 Å². The summed E-state index contributed by atoms with van der Waals surface area (Å²) in [5.74, 6) is -0.0108. The Balaban J connectivity index is 1.39. The lowest BCUT2D eigenvalue weighted by molar-refractivity contribution is -0.121. The molecule has 5 nitrogen and oxygen atoms in total. The van der Waals surface area contributed by atoms with Crippen LogP contribution in [0.3, 0.4) is 0 Å². The van der Waals surface area contributed by atoms with E-state index in [2.05, 4.69) is 36.5 Å². The number of amides is 2. The van der Waals surface area contributed by atoms with E-state index in [9.17, 15) is 14.4 Å². The molecule has 1 aliphatic rings. The van der Waals surface area contributed by atoms with Crippen molar-refractivity contribution in [1.82, 2.24) is 5.32 Å². The maximum Gasteiger partial charge on any atom is 0.231 e. The van der Waals surface area contributed by atoms with Gasteiger partial charge in [-0.25, -0.2) is 0 Å². The lowest BCUT2D eigenvalue weighted by atomic mass is 10.0. The highest BCUT2D eigenvalue weighted by molar-refractivity contribution is 6.03. The molecule has 0 aliphatic carbocycles. The van der Waals surface area contributed by atoms with Crippen molar-refractivity contribution in [3.63, 3.8) is 0 Å². The summed E-state index contributed by atoms with van der Waals surface area (Å²) in [6, 6.07) is 13.7. The SMILES string of the molecule is Cc1ccc(CCCC(=O)NCCC(=O)c2ccc3c(c2)CC(=O)N3C)cc1. The van der Waals surface area contributed by atoms with Crippen molar-refractivity contribution in [2.45, 2.75) is 39.0 Å². The molecule has 0 fully saturated rings. The molecule has 0 spiro atoms. The van der Waals surface area contributed by atoms with Crippen molar-refractivity contribution >= 4 is 23.3 Å². The molecule has 2 aromatic rings. The summed E-state index contributed by atoms with van der Waals surface area (Å²) in [6.45, 7) is 2.39. The zero-order valence-corrected chi connectivity index (χ0v) is 16.5. The number of benzene rings is 2. The van der Waals surface area contributed by atoms with Crippen molar-refractivity contribution in [3.05, 3.63) is 64.7 Å². The van der Waals surface area contributed by atoms with Gasteiger partial charge in [0.1, 0.15) is 0 Å². The predicted octanol–water partition coefficient (Wildman–Crippen LogP) is 3.23. The Kier molecular flexibility index (Phi) is 6.24. The maximum absolute atomic E-state index is 12.4. The first-order chi connectivity index (χ1) is 13.4. The van der Waals surface area contributed by atoms with Crippen molar-refractivity contribution in [1.29, 1.82) is 0 Å². The number of rotatable bonds is 8. The summed E-state index contributed by atoms with van der Waals surface area (Å²) in [6.07, 6.45) is 2.70. The molecule has 0 saturated carbocycles. The van der Waals surface area contributed by atoms with Crippen molar-refractivity contribution in [3.8, 4) is 0 Å². The van der Waals surface area contributed by atoms with Gasteiger partial charge in [0.15, 0.2) is 5.78 Å². The molecule has 0 aromatic heterocycles. The third-order valence-corrected chi connectivity index (χ3v) is 5.14. The number of aryl methyl sites for hydroxylation is 2. The number of carbonyl (C=O) groups is 3. The normalized spacial score (nSPS) is 12.8. The highest BCUT2D eigenvalue weighted by Crippen LogP contribution is 2.28. The van der Waals surface area contributed by atoms with Crippen LogP contribution in [-0.2, 0) is 22.4 Å². The van der Waals surface area contributed by atoms with Gasteiger partial charge < -0.3 is 10.2 Å². The van der Waals surface area contributed by atoms with E-state index in [0.29, 0.717) is 24.9 Å². The van der Waals surface area contributed by atoms with Gasteiger partial charge in [0.05, 0.1) is 6.42 Å². The van der Waals surface area contributed by atoms with Crippen molar-refractivity contribution < 1.29 is 14.4 Å². The number of likely N-dealkylation sites (N-methyl/N-ethyl adjacent to an activating group) is 1. The Morgan fingerprint density at radius 1 is 1.07 bits per heavy atom. The largest absolute Gasteiger partial charge is 0.356 e. The highest BCUT2D eigenvalue weighted by atomic mass is 16.2. The van der Waals surface area contributed by atoms with E-state index in [-0.39, 0.29) is 24.0 Å². The van der Waals surface area contributed by atoms with Crippen LogP contribution in [0.25, 0.3) is 0 Å². The fourth-order valence-electron chi connectivity index (χ4n) is 3.40. The predicted molar refractivity (Wildman–Crippen MR) is 110 cm³/mol. The van der Waals surface area contributed by atoms with Gasteiger partial charge in [-0.2, -0.15) is 0 Å². The second kappa shape index (κ2) is 8.83. The monoisotopic (exact) mass is 378 g/mol. The first-order valence-corrected chi connectivity index (χ1v) is 9.69. The van der Waals surface area contributed by atoms with Crippen LogP contribution in [0.4, 0.5) is 5.69 Å². The Bertz CT molecular complexity index is 887. The molecule has 2 aromatic carbocycles. The summed E-state index contributed by atoms with van der Waals surface area (Å²) < 4.78 is 0. The minimum atomic E-state index is -0.0268. The average Bonchev–Trinajstić information content (AvgIpc) is 2.96. The van der Waals surface area contributed by atoms with Crippen LogP contribution in [0.1, 0.15) is 46.3 Å². The molecule has 2 amide bonds. The lowest BCUT2D eigenvalue weighted by Gasteiger charge is -2.10. The first-order valence-electron chi connectivity index (χ1n) is 9.69. The zero-order chi connectivity index (χ0) is 20.1. The molecule has 0 atom stereocenters. The van der Waals surface area contributed by atoms with Gasteiger partial charge >= 0.3 is 0 Å². The van der Waals surface area contributed by atoms with E-state index in [1.165, 1.54) is 11.1 Å². The van der Waals surface area contributed by atoms with Crippen LogP contribution in [0.5, 0.6) is 0 Å². The number of nitrogens with one attached hydrogen (secondary N) is 1. The van der Waals surface area contributed by atoms with Crippen LogP contribution in [0.15, 0.2) is 42.5 Å². The Hall–Kier alpha value is -2.95. The van der Waals surface area contributed by atoms with E-state index in [4.69, 9.17) is 0 Å². The van der Waals surface area contributed by atoms with E-state index >= 15 is 0 Å². The number of hydrogen-bond donors (Lipinski definition) is 1. The number of hydrogen-bond acceptors (Lipinski definition) is 3. The molecule has 28 heavy (non-hydrogen) atoms. The summed E-state index contributed by atoms with van der Waals surface area (Å²) in [5, 5.41) is 2.82. The third kappa shape index (κ3) is 4.85. The second-order valence-corrected chi connectivity index (χ2v) is 7.34. The lowest BCUT2D eigenvalue weighted by Crippen LogP contribution is -2.25. The van der Waals surface area contributed by atoms with Gasteiger partial charge in [-0.3, -0.25) is 14.4 Å². The Morgan fingerprint density at radius 2 is 1.82 bits per heavy atom. The van der Waals surface area contributed by atoms with Gasteiger partial charge in [-0.15, -0.1) is 0 Å². The molecule has 5 heteroatoms. The van der Waals surface area contributed by atoms with Crippen LogP contribution in [-0.4, -0.2) is 31.2 Å². The molecular weight excluding hydrogens is 352 g/mol. The summed E-state index contributed by atoms with van der Waals surface area (Å²) >= 11 is 0. The van der Waals surface area contributed by atoms with Gasteiger partial charge in [0, 0.05) is 37.7 Å². The number of carbonyl (C=O) groups excluding carboxylic acids is 3. The molecule has 3 rings (SSSR count). The Morgan fingerprint density at radius 3 is 2.57 bits per heavy atom. The van der Waals surface area contributed by atoms with E-state index in [1.807, 2.05) is 6.07 Å². The van der Waals surface area contributed by atoms with Gasteiger partial charge in [0.2, 0.25) is 11.8 Å².